The molecule has 6 heteroatoms. The minimum atomic E-state index is -0.328. The van der Waals surface area contributed by atoms with Gasteiger partial charge in [0.15, 0.2) is 5.82 Å². The number of nitrogens with zero attached hydrogens (tertiary/aromatic N) is 2. The lowest BCUT2D eigenvalue weighted by Gasteiger charge is -2.12. The predicted octanol–water partition coefficient (Wildman–Crippen LogP) is 4.81. The van der Waals surface area contributed by atoms with Crippen LogP contribution >= 0.6 is 0 Å². The van der Waals surface area contributed by atoms with Crippen LogP contribution in [0.3, 0.4) is 0 Å². The summed E-state index contributed by atoms with van der Waals surface area (Å²) in [5.41, 5.74) is 1.20. The van der Waals surface area contributed by atoms with Gasteiger partial charge in [0.05, 0.1) is 12.5 Å². The van der Waals surface area contributed by atoms with E-state index < -0.39 is 0 Å². The molecule has 0 spiro atoms. The Bertz CT molecular complexity index is 779. The number of carbonyl (C=O) groups excluding carboxylic acids is 1. The van der Waals surface area contributed by atoms with Crippen LogP contribution in [0.2, 0.25) is 0 Å². The fourth-order valence-electron chi connectivity index (χ4n) is 2.51. The van der Waals surface area contributed by atoms with Gasteiger partial charge >= 0.3 is 0 Å². The zero-order chi connectivity index (χ0) is 20.6. The molecule has 28 heavy (non-hydrogen) atoms. The molecule has 1 aliphatic heterocycles. The van der Waals surface area contributed by atoms with Crippen LogP contribution in [0.5, 0.6) is 0 Å². The Hall–Kier alpha value is -2.63. The fourth-order valence-corrected chi connectivity index (χ4v) is 2.51. The number of rotatable bonds is 8. The SMILES string of the molecule is C/C=C(\C=C/C(C)C(=O)Nc1cc(C(C)(C)C)on1)OCCC1=CC=NCC1. The average molecular weight is 386 g/mol. The third-order valence-corrected chi connectivity index (χ3v) is 4.42. The number of hydrogen-bond donors (Lipinski definition) is 1. The molecule has 6 nitrogen and oxygen atoms in total. The van der Waals surface area contributed by atoms with Gasteiger partial charge < -0.3 is 14.6 Å². The Morgan fingerprint density at radius 2 is 2.21 bits per heavy atom. The van der Waals surface area contributed by atoms with Gasteiger partial charge in [0.2, 0.25) is 5.91 Å². The molecule has 1 amide bonds. The number of dihydropyridines is 1. The lowest BCUT2D eigenvalue weighted by molar-refractivity contribution is -0.118. The molecule has 1 aromatic heterocycles. The number of aromatic nitrogens is 1. The number of aliphatic imine (C=N–C) groups is 1. The summed E-state index contributed by atoms with van der Waals surface area (Å²) in [6.45, 7) is 11.3. The number of anilines is 1. The lowest BCUT2D eigenvalue weighted by Crippen LogP contribution is -2.19. The average Bonchev–Trinajstić information content (AvgIpc) is 3.14. The highest BCUT2D eigenvalue weighted by molar-refractivity contribution is 5.92. The zero-order valence-corrected chi connectivity index (χ0v) is 17.5. The summed E-state index contributed by atoms with van der Waals surface area (Å²) in [5.74, 6) is 1.44. The Labute approximate surface area is 167 Å². The Morgan fingerprint density at radius 1 is 1.43 bits per heavy atom. The van der Waals surface area contributed by atoms with Crippen molar-refractivity contribution in [2.75, 3.05) is 18.5 Å². The van der Waals surface area contributed by atoms with Crippen LogP contribution in [0, 0.1) is 5.92 Å². The van der Waals surface area contributed by atoms with E-state index in [0.29, 0.717) is 12.4 Å². The first-order valence-corrected chi connectivity index (χ1v) is 9.73. The highest BCUT2D eigenvalue weighted by Gasteiger charge is 2.21. The minimum absolute atomic E-state index is 0.146. The van der Waals surface area contributed by atoms with E-state index in [0.717, 1.165) is 30.9 Å². The van der Waals surface area contributed by atoms with Crippen LogP contribution in [-0.4, -0.2) is 30.4 Å². The van der Waals surface area contributed by atoms with Crippen molar-refractivity contribution in [2.24, 2.45) is 10.9 Å². The highest BCUT2D eigenvalue weighted by atomic mass is 16.5. The molecule has 0 saturated heterocycles. The van der Waals surface area contributed by atoms with Gasteiger partial charge in [-0.2, -0.15) is 0 Å². The number of ether oxygens (including phenoxy) is 1. The maximum Gasteiger partial charge on any atom is 0.232 e. The van der Waals surface area contributed by atoms with Crippen molar-refractivity contribution in [2.45, 2.75) is 52.9 Å². The molecule has 1 aromatic rings. The van der Waals surface area contributed by atoms with E-state index in [4.69, 9.17) is 9.26 Å². The van der Waals surface area contributed by atoms with Crippen LogP contribution in [0.1, 0.15) is 53.2 Å². The third kappa shape index (κ3) is 6.83. The second-order valence-electron chi connectivity index (χ2n) is 7.88. The monoisotopic (exact) mass is 385 g/mol. The van der Waals surface area contributed by atoms with E-state index in [1.54, 1.807) is 6.07 Å². The second kappa shape index (κ2) is 10.1. The number of hydrogen-bond acceptors (Lipinski definition) is 5. The van der Waals surface area contributed by atoms with Crippen molar-refractivity contribution in [3.8, 4) is 0 Å². The molecule has 0 radical (unpaired) electrons. The highest BCUT2D eigenvalue weighted by Crippen LogP contribution is 2.24. The largest absolute Gasteiger partial charge is 0.494 e. The molecule has 0 fully saturated rings. The first-order valence-electron chi connectivity index (χ1n) is 9.73. The van der Waals surface area contributed by atoms with Crippen molar-refractivity contribution >= 4 is 17.9 Å². The van der Waals surface area contributed by atoms with Crippen LogP contribution in [0.25, 0.3) is 0 Å². The molecule has 152 valence electrons. The summed E-state index contributed by atoms with van der Waals surface area (Å²) >= 11 is 0. The summed E-state index contributed by atoms with van der Waals surface area (Å²) in [4.78, 5) is 16.6. The van der Waals surface area contributed by atoms with Gasteiger partial charge in [0, 0.05) is 30.7 Å². The normalized spacial score (nSPS) is 16.2. The van der Waals surface area contributed by atoms with Crippen molar-refractivity contribution in [1.82, 2.24) is 5.16 Å². The number of carbonyl (C=O) groups is 1. The van der Waals surface area contributed by atoms with E-state index >= 15 is 0 Å². The van der Waals surface area contributed by atoms with E-state index in [-0.39, 0.29) is 17.2 Å². The van der Waals surface area contributed by atoms with Gasteiger partial charge in [-0.15, -0.1) is 0 Å². The Kier molecular flexibility index (Phi) is 7.79. The molecule has 0 aliphatic carbocycles. The third-order valence-electron chi connectivity index (χ3n) is 4.42. The molecule has 0 bridgehead atoms. The summed E-state index contributed by atoms with van der Waals surface area (Å²) in [6, 6.07) is 1.76. The van der Waals surface area contributed by atoms with Crippen molar-refractivity contribution in [3.63, 3.8) is 0 Å². The van der Waals surface area contributed by atoms with Gasteiger partial charge in [0.25, 0.3) is 0 Å². The molecule has 2 heterocycles. The maximum atomic E-state index is 12.4. The molecular weight excluding hydrogens is 354 g/mol. The van der Waals surface area contributed by atoms with Crippen LogP contribution in [0.15, 0.2) is 51.2 Å². The van der Waals surface area contributed by atoms with E-state index in [1.165, 1.54) is 5.57 Å². The quantitative estimate of drug-likeness (QED) is 0.514. The second-order valence-corrected chi connectivity index (χ2v) is 7.88. The summed E-state index contributed by atoms with van der Waals surface area (Å²) in [7, 11) is 0. The number of allylic oxidation sites excluding steroid dienone is 3. The summed E-state index contributed by atoms with van der Waals surface area (Å²) < 4.78 is 11.1. The standard InChI is InChI=1S/C22H31N3O3/c1-6-18(27-14-11-17-9-12-23-13-10-17)8-7-16(2)21(26)24-20-15-19(28-25-20)22(3,4)5/h6-9,12,15-16H,10-11,13-14H2,1-5H3,(H,24,25,26)/b8-7-,18-6+. The van der Waals surface area contributed by atoms with Gasteiger partial charge in [-0.1, -0.05) is 44.5 Å². The van der Waals surface area contributed by atoms with Crippen molar-refractivity contribution < 1.29 is 14.1 Å². The smallest absolute Gasteiger partial charge is 0.232 e. The van der Waals surface area contributed by atoms with Gasteiger partial charge in [-0.25, -0.2) is 0 Å². The lowest BCUT2D eigenvalue weighted by atomic mass is 9.93. The van der Waals surface area contributed by atoms with E-state index in [1.807, 2.05) is 59.1 Å². The molecule has 1 N–H and O–H groups in total. The van der Waals surface area contributed by atoms with E-state index in [2.05, 4.69) is 21.5 Å². The van der Waals surface area contributed by atoms with Crippen molar-refractivity contribution in [1.29, 1.82) is 0 Å². The minimum Gasteiger partial charge on any atom is -0.494 e. The predicted molar refractivity (Wildman–Crippen MR) is 113 cm³/mol. The molecule has 0 aromatic carbocycles. The first kappa shape index (κ1) is 21.7. The van der Waals surface area contributed by atoms with Crippen LogP contribution < -0.4 is 5.32 Å². The molecular formula is C22H31N3O3. The Balaban J connectivity index is 1.81. The van der Waals surface area contributed by atoms with E-state index in [9.17, 15) is 4.79 Å². The first-order chi connectivity index (χ1) is 13.3. The van der Waals surface area contributed by atoms with Gasteiger partial charge in [0.1, 0.15) is 11.5 Å². The number of amides is 1. The van der Waals surface area contributed by atoms with Gasteiger partial charge in [-0.3, -0.25) is 9.79 Å². The Morgan fingerprint density at radius 3 is 2.82 bits per heavy atom. The molecule has 1 unspecified atom stereocenters. The van der Waals surface area contributed by atoms with Crippen LogP contribution in [0.4, 0.5) is 5.82 Å². The molecule has 1 aliphatic rings. The molecule has 1 atom stereocenters. The number of nitrogens with one attached hydrogen (secondary N) is 1. The molecule has 0 saturated carbocycles. The zero-order valence-electron chi connectivity index (χ0n) is 17.5. The maximum absolute atomic E-state index is 12.4. The van der Waals surface area contributed by atoms with Crippen molar-refractivity contribution in [3.05, 3.63) is 47.5 Å². The summed E-state index contributed by atoms with van der Waals surface area (Å²) in [6.07, 6.45) is 11.3. The topological polar surface area (TPSA) is 76.7 Å². The van der Waals surface area contributed by atoms with Gasteiger partial charge in [-0.05, 0) is 31.6 Å². The van der Waals surface area contributed by atoms with Crippen LogP contribution in [-0.2, 0) is 14.9 Å². The summed E-state index contributed by atoms with van der Waals surface area (Å²) in [5, 5.41) is 6.71. The fraction of sp³-hybridized carbons (Fsp3) is 0.500. The molecule has 2 rings (SSSR count).